The number of methoxy groups -OCH3 is 1. The van der Waals surface area contributed by atoms with Gasteiger partial charge in [0.25, 0.3) is 5.56 Å². The molecule has 0 aliphatic heterocycles. The first-order valence-electron chi connectivity index (χ1n) is 12.5. The molecular formula is C29H26F3N5O4. The van der Waals surface area contributed by atoms with Crippen LogP contribution in [0, 0.1) is 17.5 Å². The molecule has 0 atom stereocenters. The first-order valence-corrected chi connectivity index (χ1v) is 12.5. The highest BCUT2D eigenvalue weighted by Crippen LogP contribution is 2.26. The second kappa shape index (κ2) is 11.1. The number of aromatic nitrogens is 4. The number of aliphatic hydroxyl groups excluding tert-OH is 1. The van der Waals surface area contributed by atoms with E-state index in [1.165, 1.54) is 36.1 Å². The highest BCUT2D eigenvalue weighted by atomic mass is 19.1. The summed E-state index contributed by atoms with van der Waals surface area (Å²) in [6.07, 6.45) is 0. The van der Waals surface area contributed by atoms with Crippen LogP contribution in [0.4, 0.5) is 13.2 Å². The van der Waals surface area contributed by atoms with Crippen molar-refractivity contribution in [3.05, 3.63) is 116 Å². The van der Waals surface area contributed by atoms with Crippen LogP contribution in [0.25, 0.3) is 22.4 Å². The maximum atomic E-state index is 15.5. The Morgan fingerprint density at radius 1 is 0.927 bits per heavy atom. The Bertz CT molecular complexity index is 1870. The fraction of sp³-hybridized carbons (Fsp3) is 0.207. The monoisotopic (exact) mass is 565 g/mol. The third kappa shape index (κ3) is 4.81. The molecule has 0 saturated heterocycles. The maximum absolute atomic E-state index is 15.5. The first-order chi connectivity index (χ1) is 19.7. The molecule has 0 radical (unpaired) electrons. The van der Waals surface area contributed by atoms with Crippen LogP contribution >= 0.6 is 0 Å². The molecule has 3 aromatic carbocycles. The van der Waals surface area contributed by atoms with E-state index < -0.39 is 46.5 Å². The van der Waals surface area contributed by atoms with E-state index in [0.717, 1.165) is 16.7 Å². The summed E-state index contributed by atoms with van der Waals surface area (Å²) in [7, 11) is 4.75. The summed E-state index contributed by atoms with van der Waals surface area (Å²) in [5.41, 5.74) is -1.72. The third-order valence-electron chi connectivity index (χ3n) is 6.70. The molecule has 0 fully saturated rings. The summed E-state index contributed by atoms with van der Waals surface area (Å²) in [6, 6.07) is 14.0. The van der Waals surface area contributed by atoms with Gasteiger partial charge in [0.1, 0.15) is 17.0 Å². The molecule has 0 bridgehead atoms. The van der Waals surface area contributed by atoms with Gasteiger partial charge in [-0.3, -0.25) is 9.36 Å². The molecule has 2 aromatic heterocycles. The van der Waals surface area contributed by atoms with Crippen molar-refractivity contribution in [2.45, 2.75) is 19.7 Å². The van der Waals surface area contributed by atoms with Gasteiger partial charge >= 0.3 is 5.69 Å². The predicted molar refractivity (Wildman–Crippen MR) is 146 cm³/mol. The van der Waals surface area contributed by atoms with Crippen LogP contribution in [0.1, 0.15) is 16.8 Å². The van der Waals surface area contributed by atoms with Crippen molar-refractivity contribution in [3.8, 4) is 17.1 Å². The van der Waals surface area contributed by atoms with Gasteiger partial charge < -0.3 is 14.7 Å². The van der Waals surface area contributed by atoms with Crippen LogP contribution in [0.15, 0.2) is 70.3 Å². The predicted octanol–water partition coefficient (Wildman–Crippen LogP) is 3.37. The SMILES string of the molecule is COc1cccc(-n2c(=O)c3c(CN(C)C)n(-c4ccccc4CO)nc3n(Cc3c(F)cccc3F)c2=O)c1F. The molecule has 1 N–H and O–H groups in total. The fourth-order valence-corrected chi connectivity index (χ4v) is 4.78. The zero-order valence-electron chi connectivity index (χ0n) is 22.4. The van der Waals surface area contributed by atoms with Crippen LogP contribution in [-0.4, -0.2) is 50.1 Å². The molecule has 0 aliphatic carbocycles. The second-order valence-corrected chi connectivity index (χ2v) is 9.58. The van der Waals surface area contributed by atoms with E-state index in [4.69, 9.17) is 4.74 Å². The van der Waals surface area contributed by atoms with E-state index in [1.807, 2.05) is 0 Å². The van der Waals surface area contributed by atoms with Crippen LogP contribution < -0.4 is 16.0 Å². The van der Waals surface area contributed by atoms with Gasteiger partial charge in [-0.25, -0.2) is 27.2 Å². The zero-order chi connectivity index (χ0) is 29.4. The van der Waals surface area contributed by atoms with Crippen LogP contribution in [0.3, 0.4) is 0 Å². The van der Waals surface area contributed by atoms with Gasteiger partial charge in [0, 0.05) is 17.7 Å². The molecule has 0 unspecified atom stereocenters. The molecule has 5 rings (SSSR count). The number of para-hydroxylation sites is 1. The highest BCUT2D eigenvalue weighted by Gasteiger charge is 2.27. The molecule has 212 valence electrons. The minimum Gasteiger partial charge on any atom is -0.494 e. The van der Waals surface area contributed by atoms with E-state index in [-0.39, 0.29) is 29.9 Å². The molecule has 9 nitrogen and oxygen atoms in total. The number of rotatable bonds is 8. The van der Waals surface area contributed by atoms with Crippen molar-refractivity contribution in [2.75, 3.05) is 21.2 Å². The number of nitrogens with zero attached hydrogens (tertiary/aromatic N) is 5. The van der Waals surface area contributed by atoms with Crippen LogP contribution in [-0.2, 0) is 19.7 Å². The Morgan fingerprint density at radius 2 is 1.59 bits per heavy atom. The van der Waals surface area contributed by atoms with Gasteiger partial charge in [0.05, 0.1) is 37.3 Å². The summed E-state index contributed by atoms with van der Waals surface area (Å²) in [6.45, 7) is -0.849. The van der Waals surface area contributed by atoms with E-state index in [9.17, 15) is 23.5 Å². The van der Waals surface area contributed by atoms with E-state index in [2.05, 4.69) is 5.10 Å². The van der Waals surface area contributed by atoms with Crippen LogP contribution in [0.2, 0.25) is 0 Å². The van der Waals surface area contributed by atoms with Gasteiger partial charge in [0.2, 0.25) is 0 Å². The molecule has 0 spiro atoms. The lowest BCUT2D eigenvalue weighted by Crippen LogP contribution is -2.40. The van der Waals surface area contributed by atoms with Crippen molar-refractivity contribution in [1.29, 1.82) is 0 Å². The minimum absolute atomic E-state index is 0.0648. The minimum atomic E-state index is -1.06. The van der Waals surface area contributed by atoms with Crippen molar-refractivity contribution in [3.63, 3.8) is 0 Å². The quantitative estimate of drug-likeness (QED) is 0.310. The molecule has 0 amide bonds. The van der Waals surface area contributed by atoms with Crippen molar-refractivity contribution in [1.82, 2.24) is 23.8 Å². The average molecular weight is 566 g/mol. The van der Waals surface area contributed by atoms with E-state index in [0.29, 0.717) is 21.5 Å². The van der Waals surface area contributed by atoms with Crippen molar-refractivity contribution >= 4 is 11.0 Å². The Morgan fingerprint density at radius 3 is 2.24 bits per heavy atom. The van der Waals surface area contributed by atoms with Gasteiger partial charge in [-0.1, -0.05) is 30.3 Å². The normalized spacial score (nSPS) is 11.5. The maximum Gasteiger partial charge on any atom is 0.337 e. The second-order valence-electron chi connectivity index (χ2n) is 9.58. The Hall–Kier alpha value is -4.68. The van der Waals surface area contributed by atoms with Crippen molar-refractivity contribution < 1.29 is 23.0 Å². The Labute approximate surface area is 231 Å². The molecule has 0 saturated carbocycles. The molecule has 0 aliphatic rings. The van der Waals surface area contributed by atoms with Gasteiger partial charge in [-0.15, -0.1) is 5.10 Å². The largest absolute Gasteiger partial charge is 0.494 e. The number of benzene rings is 3. The number of halogens is 3. The Kier molecular flexibility index (Phi) is 7.52. The topological polar surface area (TPSA) is 94.5 Å². The summed E-state index contributed by atoms with van der Waals surface area (Å²) in [5, 5.41) is 14.5. The Balaban J connectivity index is 1.96. The zero-order valence-corrected chi connectivity index (χ0v) is 22.4. The number of fused-ring (bicyclic) bond motifs is 1. The summed E-state index contributed by atoms with van der Waals surface area (Å²) in [5.74, 6) is -2.99. The van der Waals surface area contributed by atoms with E-state index in [1.54, 1.807) is 43.3 Å². The molecule has 12 heteroatoms. The lowest BCUT2D eigenvalue weighted by molar-refractivity contribution is 0.281. The molecule has 2 heterocycles. The fourth-order valence-electron chi connectivity index (χ4n) is 4.78. The van der Waals surface area contributed by atoms with Gasteiger partial charge in [-0.2, -0.15) is 0 Å². The number of ether oxygens (including phenoxy) is 1. The van der Waals surface area contributed by atoms with Crippen LogP contribution in [0.5, 0.6) is 5.75 Å². The molecular weight excluding hydrogens is 539 g/mol. The van der Waals surface area contributed by atoms with E-state index >= 15 is 4.39 Å². The highest BCUT2D eigenvalue weighted by molar-refractivity contribution is 5.79. The first kappa shape index (κ1) is 27.9. The third-order valence-corrected chi connectivity index (χ3v) is 6.70. The van der Waals surface area contributed by atoms with Gasteiger partial charge in [0.15, 0.2) is 17.2 Å². The number of hydrogen-bond donors (Lipinski definition) is 1. The standard InChI is InChI=1S/C29H26F3N5O4/c1-34(2)15-23-25-27(33-37(23)21-11-5-4-8-17(21)16-38)35(14-18-19(30)9-6-10-20(18)31)29(40)36(28(25)39)22-12-7-13-24(41-3)26(22)32/h4-13,38H,14-16H2,1-3H3. The van der Waals surface area contributed by atoms with Crippen molar-refractivity contribution in [2.24, 2.45) is 0 Å². The summed E-state index contributed by atoms with van der Waals surface area (Å²) < 4.78 is 53.1. The lowest BCUT2D eigenvalue weighted by atomic mass is 10.1. The number of hydrogen-bond acceptors (Lipinski definition) is 6. The smallest absolute Gasteiger partial charge is 0.337 e. The number of aliphatic hydroxyl groups is 1. The molecule has 5 aromatic rings. The molecule has 41 heavy (non-hydrogen) atoms. The summed E-state index contributed by atoms with van der Waals surface area (Å²) in [4.78, 5) is 29.8. The summed E-state index contributed by atoms with van der Waals surface area (Å²) >= 11 is 0. The lowest BCUT2D eigenvalue weighted by Gasteiger charge is -2.15. The van der Waals surface area contributed by atoms with Gasteiger partial charge in [-0.05, 0) is 44.4 Å². The average Bonchev–Trinajstić information content (AvgIpc) is 3.31.